The summed E-state index contributed by atoms with van der Waals surface area (Å²) in [7, 11) is 1.93. The van der Waals surface area contributed by atoms with Gasteiger partial charge >= 0.3 is 0 Å². The van der Waals surface area contributed by atoms with E-state index in [4.69, 9.17) is 13.9 Å². The van der Waals surface area contributed by atoms with E-state index in [2.05, 4.69) is 11.4 Å². The van der Waals surface area contributed by atoms with Gasteiger partial charge in [0.15, 0.2) is 0 Å². The van der Waals surface area contributed by atoms with E-state index in [1.807, 2.05) is 25.2 Å². The lowest BCUT2D eigenvalue weighted by atomic mass is 10.0. The van der Waals surface area contributed by atoms with Crippen molar-refractivity contribution in [3.05, 3.63) is 35.6 Å². The molecule has 2 heterocycles. The number of hydrogen-bond acceptors (Lipinski definition) is 4. The number of furan rings is 1. The Bertz CT molecular complexity index is 572. The Morgan fingerprint density at radius 2 is 2.05 bits per heavy atom. The van der Waals surface area contributed by atoms with E-state index < -0.39 is 0 Å². The van der Waals surface area contributed by atoms with Crippen LogP contribution >= 0.6 is 0 Å². The molecule has 0 bridgehead atoms. The van der Waals surface area contributed by atoms with Crippen LogP contribution in [-0.2, 0) is 22.6 Å². The molecule has 3 rings (SSSR count). The molecule has 21 heavy (non-hydrogen) atoms. The molecule has 0 unspecified atom stereocenters. The van der Waals surface area contributed by atoms with Crippen LogP contribution in [0.1, 0.15) is 24.2 Å². The molecule has 4 heteroatoms. The number of benzene rings is 1. The van der Waals surface area contributed by atoms with E-state index in [0.717, 1.165) is 55.9 Å². The van der Waals surface area contributed by atoms with Crippen molar-refractivity contribution in [3.63, 3.8) is 0 Å². The molecule has 4 nitrogen and oxygen atoms in total. The minimum atomic E-state index is 0.616. The van der Waals surface area contributed by atoms with Crippen molar-refractivity contribution < 1.29 is 13.9 Å². The highest BCUT2D eigenvalue weighted by molar-refractivity contribution is 5.82. The van der Waals surface area contributed by atoms with Gasteiger partial charge in [0.25, 0.3) is 0 Å². The number of ether oxygens (including phenoxy) is 2. The molecule has 114 valence electrons. The van der Waals surface area contributed by atoms with Crippen LogP contribution in [0.2, 0.25) is 0 Å². The van der Waals surface area contributed by atoms with E-state index >= 15 is 0 Å². The summed E-state index contributed by atoms with van der Waals surface area (Å²) in [6.07, 6.45) is 2.21. The van der Waals surface area contributed by atoms with Crippen LogP contribution in [0.15, 0.2) is 28.7 Å². The molecular formula is C17H23NO3. The van der Waals surface area contributed by atoms with Crippen molar-refractivity contribution >= 4 is 11.0 Å². The molecule has 0 atom stereocenters. The molecular weight excluding hydrogens is 266 g/mol. The lowest BCUT2D eigenvalue weighted by Gasteiger charge is -2.21. The number of para-hydroxylation sites is 1. The van der Waals surface area contributed by atoms with E-state index in [9.17, 15) is 0 Å². The summed E-state index contributed by atoms with van der Waals surface area (Å²) in [6, 6.07) is 8.16. The minimum Gasteiger partial charge on any atom is -0.459 e. The van der Waals surface area contributed by atoms with Gasteiger partial charge in [-0.15, -0.1) is 0 Å². The molecule has 0 radical (unpaired) electrons. The van der Waals surface area contributed by atoms with Crippen LogP contribution in [0.4, 0.5) is 0 Å². The maximum absolute atomic E-state index is 5.97. The Morgan fingerprint density at radius 1 is 1.24 bits per heavy atom. The summed E-state index contributed by atoms with van der Waals surface area (Å²) in [6.45, 7) is 3.89. The van der Waals surface area contributed by atoms with Gasteiger partial charge in [-0.3, -0.25) is 0 Å². The second-order valence-electron chi connectivity index (χ2n) is 5.60. The highest BCUT2D eigenvalue weighted by atomic mass is 16.5. The molecule has 1 fully saturated rings. The van der Waals surface area contributed by atoms with E-state index in [-0.39, 0.29) is 0 Å². The first-order valence-electron chi connectivity index (χ1n) is 7.68. The summed E-state index contributed by atoms with van der Waals surface area (Å²) in [5, 5.41) is 4.32. The van der Waals surface area contributed by atoms with Gasteiger partial charge in [0, 0.05) is 24.2 Å². The largest absolute Gasteiger partial charge is 0.459 e. The third-order valence-electron chi connectivity index (χ3n) is 4.06. The first-order valence-corrected chi connectivity index (χ1v) is 7.68. The van der Waals surface area contributed by atoms with E-state index in [1.165, 1.54) is 5.56 Å². The van der Waals surface area contributed by atoms with Crippen LogP contribution in [-0.4, -0.2) is 26.9 Å². The normalized spacial score (nSPS) is 16.6. The van der Waals surface area contributed by atoms with Crippen molar-refractivity contribution in [1.82, 2.24) is 5.32 Å². The number of nitrogens with one attached hydrogen (secondary N) is 1. The summed E-state index contributed by atoms with van der Waals surface area (Å²) < 4.78 is 17.3. The molecule has 0 spiro atoms. The van der Waals surface area contributed by atoms with Crippen LogP contribution in [0.5, 0.6) is 0 Å². The average molecular weight is 289 g/mol. The SMILES string of the molecule is CNCc1oc2ccccc2c1COCC1CCOCC1. The van der Waals surface area contributed by atoms with Crippen molar-refractivity contribution in [2.24, 2.45) is 5.92 Å². The third kappa shape index (κ3) is 3.46. The van der Waals surface area contributed by atoms with Crippen molar-refractivity contribution in [3.8, 4) is 0 Å². The highest BCUT2D eigenvalue weighted by Gasteiger charge is 2.16. The molecule has 1 aromatic heterocycles. The zero-order chi connectivity index (χ0) is 14.5. The van der Waals surface area contributed by atoms with Gasteiger partial charge in [-0.1, -0.05) is 18.2 Å². The summed E-state index contributed by atoms with van der Waals surface area (Å²) >= 11 is 0. The van der Waals surface area contributed by atoms with E-state index in [0.29, 0.717) is 12.5 Å². The quantitative estimate of drug-likeness (QED) is 0.887. The molecule has 1 aliphatic rings. The smallest absolute Gasteiger partial charge is 0.134 e. The second-order valence-corrected chi connectivity index (χ2v) is 5.60. The maximum atomic E-state index is 5.97. The highest BCUT2D eigenvalue weighted by Crippen LogP contribution is 2.27. The van der Waals surface area contributed by atoms with Crippen LogP contribution in [0.25, 0.3) is 11.0 Å². The summed E-state index contributed by atoms with van der Waals surface area (Å²) in [5.74, 6) is 1.61. The zero-order valence-electron chi connectivity index (χ0n) is 12.6. The van der Waals surface area contributed by atoms with Gasteiger partial charge in [0.2, 0.25) is 0 Å². The Labute approximate surface area is 125 Å². The molecule has 1 N–H and O–H groups in total. The molecule has 1 aliphatic heterocycles. The fourth-order valence-corrected chi connectivity index (χ4v) is 2.85. The van der Waals surface area contributed by atoms with Gasteiger partial charge in [0.05, 0.1) is 19.8 Å². The van der Waals surface area contributed by atoms with Crippen molar-refractivity contribution in [2.45, 2.75) is 26.0 Å². The first kappa shape index (κ1) is 14.6. The van der Waals surface area contributed by atoms with Gasteiger partial charge in [-0.05, 0) is 31.9 Å². The molecule has 0 saturated carbocycles. The maximum Gasteiger partial charge on any atom is 0.134 e. The van der Waals surface area contributed by atoms with Crippen LogP contribution < -0.4 is 5.32 Å². The molecule has 1 saturated heterocycles. The van der Waals surface area contributed by atoms with Gasteiger partial charge in [0.1, 0.15) is 11.3 Å². The van der Waals surface area contributed by atoms with E-state index in [1.54, 1.807) is 0 Å². The third-order valence-corrected chi connectivity index (χ3v) is 4.06. The van der Waals surface area contributed by atoms with Gasteiger partial charge in [-0.2, -0.15) is 0 Å². The zero-order valence-corrected chi connectivity index (χ0v) is 12.6. The molecule has 1 aromatic carbocycles. The first-order chi connectivity index (χ1) is 10.4. The van der Waals surface area contributed by atoms with Gasteiger partial charge < -0.3 is 19.2 Å². The number of fused-ring (bicyclic) bond motifs is 1. The topological polar surface area (TPSA) is 43.6 Å². The predicted molar refractivity (Wildman–Crippen MR) is 82.2 cm³/mol. The lowest BCUT2D eigenvalue weighted by Crippen LogP contribution is -2.20. The lowest BCUT2D eigenvalue weighted by molar-refractivity contribution is 0.0156. The van der Waals surface area contributed by atoms with Gasteiger partial charge in [-0.25, -0.2) is 0 Å². The monoisotopic (exact) mass is 289 g/mol. The van der Waals surface area contributed by atoms with Crippen LogP contribution in [0, 0.1) is 5.92 Å². The number of rotatable bonds is 6. The van der Waals surface area contributed by atoms with Crippen molar-refractivity contribution in [2.75, 3.05) is 26.9 Å². The Kier molecular flexibility index (Phi) is 4.91. The minimum absolute atomic E-state index is 0.616. The predicted octanol–water partition coefficient (Wildman–Crippen LogP) is 3.10. The second kappa shape index (κ2) is 7.07. The van der Waals surface area contributed by atoms with Crippen molar-refractivity contribution in [1.29, 1.82) is 0 Å². The average Bonchev–Trinajstić information content (AvgIpc) is 2.87. The fourth-order valence-electron chi connectivity index (χ4n) is 2.85. The van der Waals surface area contributed by atoms with Crippen LogP contribution in [0.3, 0.4) is 0 Å². The summed E-state index contributed by atoms with van der Waals surface area (Å²) in [5.41, 5.74) is 2.11. The molecule has 0 amide bonds. The number of hydrogen-bond donors (Lipinski definition) is 1. The Morgan fingerprint density at radius 3 is 2.86 bits per heavy atom. The molecule has 0 aliphatic carbocycles. The fraction of sp³-hybridized carbons (Fsp3) is 0.529. The summed E-state index contributed by atoms with van der Waals surface area (Å²) in [4.78, 5) is 0. The Hall–Kier alpha value is -1.36. The Balaban J connectivity index is 1.68. The standard InChI is InChI=1S/C17H23NO3/c1-18-10-17-15(14-4-2-3-5-16(14)21-17)12-20-11-13-6-8-19-9-7-13/h2-5,13,18H,6-12H2,1H3. The molecule has 2 aromatic rings.